The Morgan fingerprint density at radius 2 is 1.88 bits per heavy atom. The van der Waals surface area contributed by atoms with Crippen molar-refractivity contribution in [3.05, 3.63) is 71.5 Å². The van der Waals surface area contributed by atoms with Crippen LogP contribution in [0, 0.1) is 5.82 Å². The van der Waals surface area contributed by atoms with Gasteiger partial charge in [0.05, 0.1) is 6.61 Å². The van der Waals surface area contributed by atoms with E-state index in [1.54, 1.807) is 18.2 Å². The SMILES string of the molecule is O=C(NCc1ccccc1F)[C@H]1COCC(=O)N1Cc1ccccc1. The number of nitrogens with one attached hydrogen (secondary N) is 1. The molecule has 0 unspecified atom stereocenters. The van der Waals surface area contributed by atoms with Crippen LogP contribution in [0.3, 0.4) is 0 Å². The molecule has 1 aliphatic heterocycles. The molecule has 0 aromatic heterocycles. The summed E-state index contributed by atoms with van der Waals surface area (Å²) in [6.07, 6.45) is 0. The van der Waals surface area contributed by atoms with Crippen molar-refractivity contribution >= 4 is 11.8 Å². The van der Waals surface area contributed by atoms with E-state index < -0.39 is 6.04 Å². The molecule has 2 aromatic carbocycles. The maximum atomic E-state index is 13.7. The number of rotatable bonds is 5. The molecule has 1 atom stereocenters. The van der Waals surface area contributed by atoms with Crippen LogP contribution in [0.4, 0.5) is 4.39 Å². The lowest BCUT2D eigenvalue weighted by Crippen LogP contribution is -2.55. The second-order valence-electron chi connectivity index (χ2n) is 5.85. The van der Waals surface area contributed by atoms with E-state index in [2.05, 4.69) is 5.32 Å². The maximum absolute atomic E-state index is 13.7. The minimum absolute atomic E-state index is 0.0378. The van der Waals surface area contributed by atoms with Gasteiger partial charge in [-0.1, -0.05) is 48.5 Å². The number of morpholine rings is 1. The van der Waals surface area contributed by atoms with Crippen molar-refractivity contribution in [2.45, 2.75) is 19.1 Å². The zero-order chi connectivity index (χ0) is 17.6. The zero-order valence-corrected chi connectivity index (χ0v) is 13.7. The number of hydrogen-bond donors (Lipinski definition) is 1. The molecule has 2 aromatic rings. The standard InChI is InChI=1S/C19H19FN2O3/c20-16-9-5-4-8-15(16)10-21-19(24)17-12-25-13-18(23)22(17)11-14-6-2-1-3-7-14/h1-9,17H,10-13H2,(H,21,24)/t17-/m1/s1. The summed E-state index contributed by atoms with van der Waals surface area (Å²) in [7, 11) is 0. The van der Waals surface area contributed by atoms with Crippen molar-refractivity contribution in [2.75, 3.05) is 13.2 Å². The summed E-state index contributed by atoms with van der Waals surface area (Å²) in [5, 5.41) is 2.69. The van der Waals surface area contributed by atoms with Crippen LogP contribution < -0.4 is 5.32 Å². The van der Waals surface area contributed by atoms with Gasteiger partial charge in [0.2, 0.25) is 11.8 Å². The van der Waals surface area contributed by atoms with E-state index in [0.29, 0.717) is 12.1 Å². The Labute approximate surface area is 145 Å². The van der Waals surface area contributed by atoms with E-state index in [1.807, 2.05) is 30.3 Å². The number of nitrogens with zero attached hydrogens (tertiary/aromatic N) is 1. The van der Waals surface area contributed by atoms with E-state index in [-0.39, 0.29) is 37.4 Å². The molecule has 3 rings (SSSR count). The lowest BCUT2D eigenvalue weighted by atomic mass is 10.1. The van der Waals surface area contributed by atoms with Crippen LogP contribution in [0.25, 0.3) is 0 Å². The molecule has 1 saturated heterocycles. The molecular weight excluding hydrogens is 323 g/mol. The number of hydrogen-bond acceptors (Lipinski definition) is 3. The van der Waals surface area contributed by atoms with Gasteiger partial charge in [0.15, 0.2) is 0 Å². The third kappa shape index (κ3) is 4.22. The molecule has 0 aliphatic carbocycles. The first-order valence-corrected chi connectivity index (χ1v) is 8.07. The molecule has 2 amide bonds. The molecule has 1 heterocycles. The van der Waals surface area contributed by atoms with Gasteiger partial charge in [0.1, 0.15) is 18.5 Å². The number of carbonyl (C=O) groups excluding carboxylic acids is 2. The van der Waals surface area contributed by atoms with Crippen molar-refractivity contribution in [1.82, 2.24) is 10.2 Å². The molecular formula is C19H19FN2O3. The minimum Gasteiger partial charge on any atom is -0.369 e. The van der Waals surface area contributed by atoms with Gasteiger partial charge in [0, 0.05) is 18.7 Å². The second-order valence-corrected chi connectivity index (χ2v) is 5.85. The molecule has 25 heavy (non-hydrogen) atoms. The Morgan fingerprint density at radius 3 is 2.64 bits per heavy atom. The number of carbonyl (C=O) groups is 2. The predicted octanol–water partition coefficient (Wildman–Crippen LogP) is 1.87. The van der Waals surface area contributed by atoms with Crippen LogP contribution in [-0.2, 0) is 27.4 Å². The van der Waals surface area contributed by atoms with Crippen molar-refractivity contribution in [3.8, 4) is 0 Å². The van der Waals surface area contributed by atoms with Gasteiger partial charge in [-0.3, -0.25) is 9.59 Å². The van der Waals surface area contributed by atoms with E-state index >= 15 is 0 Å². The fourth-order valence-corrected chi connectivity index (χ4v) is 2.74. The normalized spacial score (nSPS) is 17.4. The smallest absolute Gasteiger partial charge is 0.249 e. The highest BCUT2D eigenvalue weighted by Gasteiger charge is 2.33. The first-order valence-electron chi connectivity index (χ1n) is 8.07. The maximum Gasteiger partial charge on any atom is 0.249 e. The third-order valence-corrected chi connectivity index (χ3v) is 4.11. The van der Waals surface area contributed by atoms with Crippen LogP contribution in [0.1, 0.15) is 11.1 Å². The molecule has 6 heteroatoms. The average Bonchev–Trinajstić information content (AvgIpc) is 2.63. The quantitative estimate of drug-likeness (QED) is 0.902. The second kappa shape index (κ2) is 7.90. The van der Waals surface area contributed by atoms with E-state index in [4.69, 9.17) is 4.74 Å². The van der Waals surface area contributed by atoms with E-state index in [9.17, 15) is 14.0 Å². The largest absolute Gasteiger partial charge is 0.369 e. The highest BCUT2D eigenvalue weighted by molar-refractivity contribution is 5.89. The van der Waals surface area contributed by atoms with Crippen LogP contribution >= 0.6 is 0 Å². The molecule has 1 N–H and O–H groups in total. The predicted molar refractivity (Wildman–Crippen MR) is 89.8 cm³/mol. The monoisotopic (exact) mass is 342 g/mol. The lowest BCUT2D eigenvalue weighted by Gasteiger charge is -2.34. The summed E-state index contributed by atoms with van der Waals surface area (Å²) in [5.41, 5.74) is 1.33. The summed E-state index contributed by atoms with van der Waals surface area (Å²) >= 11 is 0. The summed E-state index contributed by atoms with van der Waals surface area (Å²) < 4.78 is 18.9. The minimum atomic E-state index is -0.728. The Bertz CT molecular complexity index is 751. The number of halogens is 1. The van der Waals surface area contributed by atoms with Gasteiger partial charge in [-0.25, -0.2) is 4.39 Å². The first kappa shape index (κ1) is 17.1. The number of amides is 2. The van der Waals surface area contributed by atoms with Crippen molar-refractivity contribution in [3.63, 3.8) is 0 Å². The molecule has 1 aliphatic rings. The molecule has 1 fully saturated rings. The molecule has 0 bridgehead atoms. The van der Waals surface area contributed by atoms with Crippen molar-refractivity contribution in [1.29, 1.82) is 0 Å². The Morgan fingerprint density at radius 1 is 1.16 bits per heavy atom. The molecule has 130 valence electrons. The summed E-state index contributed by atoms with van der Waals surface area (Å²) in [4.78, 5) is 26.2. The highest BCUT2D eigenvalue weighted by atomic mass is 19.1. The van der Waals surface area contributed by atoms with E-state index in [1.165, 1.54) is 11.0 Å². The van der Waals surface area contributed by atoms with Gasteiger partial charge < -0.3 is 15.0 Å². The van der Waals surface area contributed by atoms with Gasteiger partial charge in [-0.05, 0) is 11.6 Å². The van der Waals surface area contributed by atoms with Crippen molar-refractivity contribution < 1.29 is 18.7 Å². The van der Waals surface area contributed by atoms with Crippen molar-refractivity contribution in [2.24, 2.45) is 0 Å². The lowest BCUT2D eigenvalue weighted by molar-refractivity contribution is -0.155. The Kier molecular flexibility index (Phi) is 5.40. The molecule has 0 spiro atoms. The third-order valence-electron chi connectivity index (χ3n) is 4.11. The Balaban J connectivity index is 1.68. The Hall–Kier alpha value is -2.73. The zero-order valence-electron chi connectivity index (χ0n) is 13.7. The van der Waals surface area contributed by atoms with Crippen LogP contribution in [-0.4, -0.2) is 36.0 Å². The summed E-state index contributed by atoms with van der Waals surface area (Å²) in [5.74, 6) is -0.965. The molecule has 0 saturated carbocycles. The topological polar surface area (TPSA) is 58.6 Å². The highest BCUT2D eigenvalue weighted by Crippen LogP contribution is 2.14. The summed E-state index contributed by atoms with van der Waals surface area (Å²) in [6, 6.07) is 15.0. The first-order chi connectivity index (χ1) is 12.1. The van der Waals surface area contributed by atoms with Gasteiger partial charge >= 0.3 is 0 Å². The number of ether oxygens (including phenoxy) is 1. The van der Waals surface area contributed by atoms with Crippen LogP contribution in [0.15, 0.2) is 54.6 Å². The number of benzene rings is 2. The fraction of sp³-hybridized carbons (Fsp3) is 0.263. The van der Waals surface area contributed by atoms with Crippen LogP contribution in [0.2, 0.25) is 0 Å². The van der Waals surface area contributed by atoms with Gasteiger partial charge in [0.25, 0.3) is 0 Å². The van der Waals surface area contributed by atoms with Crippen LogP contribution in [0.5, 0.6) is 0 Å². The molecule has 0 radical (unpaired) electrons. The molecule has 5 nitrogen and oxygen atoms in total. The average molecular weight is 342 g/mol. The van der Waals surface area contributed by atoms with E-state index in [0.717, 1.165) is 5.56 Å². The van der Waals surface area contributed by atoms with Gasteiger partial charge in [-0.15, -0.1) is 0 Å². The van der Waals surface area contributed by atoms with Gasteiger partial charge in [-0.2, -0.15) is 0 Å². The fourth-order valence-electron chi connectivity index (χ4n) is 2.74. The summed E-state index contributed by atoms with van der Waals surface area (Å²) in [6.45, 7) is 0.488.